The molecule has 0 spiro atoms. The van der Waals surface area contributed by atoms with Gasteiger partial charge in [-0.1, -0.05) is 0 Å². The molecule has 0 bridgehead atoms. The maximum Gasteiger partial charge on any atom is 0.227 e. The number of aromatic nitrogens is 2. The maximum atomic E-state index is 11.2. The van der Waals surface area contributed by atoms with Crippen molar-refractivity contribution in [2.45, 2.75) is 13.3 Å². The molecule has 0 fully saturated rings. The summed E-state index contributed by atoms with van der Waals surface area (Å²) in [6.45, 7) is 1.89. The summed E-state index contributed by atoms with van der Waals surface area (Å²) in [5.41, 5.74) is 0.945. The zero-order chi connectivity index (χ0) is 9.68. The van der Waals surface area contributed by atoms with Crippen LogP contribution in [0.15, 0.2) is 6.20 Å². The number of nitrogens with zero attached hydrogens (tertiary/aromatic N) is 1. The zero-order valence-corrected chi connectivity index (χ0v) is 8.57. The summed E-state index contributed by atoms with van der Waals surface area (Å²) < 4.78 is 0. The Morgan fingerprint density at radius 3 is 3.08 bits per heavy atom. The average molecular weight is 199 g/mol. The molecule has 72 valence electrons. The molecule has 0 aliphatic heterocycles. The van der Waals surface area contributed by atoms with Crippen LogP contribution >= 0.6 is 11.8 Å². The molecule has 13 heavy (non-hydrogen) atoms. The fourth-order valence-corrected chi connectivity index (χ4v) is 1.26. The van der Waals surface area contributed by atoms with E-state index in [1.807, 2.05) is 13.2 Å². The normalized spacial score (nSPS) is 10.0. The van der Waals surface area contributed by atoms with Gasteiger partial charge in [-0.2, -0.15) is 11.8 Å². The fourth-order valence-electron chi connectivity index (χ4n) is 0.866. The van der Waals surface area contributed by atoms with Gasteiger partial charge in [-0.05, 0) is 13.2 Å². The third-order valence-corrected chi connectivity index (χ3v) is 2.11. The van der Waals surface area contributed by atoms with Gasteiger partial charge in [0.1, 0.15) is 0 Å². The van der Waals surface area contributed by atoms with Crippen LogP contribution in [0.4, 0.5) is 5.95 Å². The molecule has 0 radical (unpaired) electrons. The van der Waals surface area contributed by atoms with Crippen LogP contribution in [-0.2, 0) is 4.79 Å². The average Bonchev–Trinajstić information content (AvgIpc) is 2.48. The molecule has 1 aromatic heterocycles. The Kier molecular flexibility index (Phi) is 3.82. The third-order valence-electron chi connectivity index (χ3n) is 1.49. The molecule has 2 N–H and O–H groups in total. The van der Waals surface area contributed by atoms with Crippen molar-refractivity contribution in [1.29, 1.82) is 0 Å². The first-order valence-electron chi connectivity index (χ1n) is 4.03. The smallest absolute Gasteiger partial charge is 0.227 e. The van der Waals surface area contributed by atoms with Crippen LogP contribution in [0, 0.1) is 6.92 Å². The van der Waals surface area contributed by atoms with E-state index in [2.05, 4.69) is 15.3 Å². The standard InChI is InChI=1S/C8H13N3OS/c1-6-5-9-8(10-6)11-7(12)3-4-13-2/h5H,3-4H2,1-2H3,(H2,9,10,11,12). The van der Waals surface area contributed by atoms with E-state index in [9.17, 15) is 4.79 Å². The summed E-state index contributed by atoms with van der Waals surface area (Å²) in [5, 5.41) is 2.68. The van der Waals surface area contributed by atoms with Crippen molar-refractivity contribution in [2.75, 3.05) is 17.3 Å². The number of H-pyrrole nitrogens is 1. The number of thioether (sulfide) groups is 1. The Balaban J connectivity index is 2.36. The minimum Gasteiger partial charge on any atom is -0.328 e. The number of imidazole rings is 1. The van der Waals surface area contributed by atoms with Crippen molar-refractivity contribution in [1.82, 2.24) is 9.97 Å². The van der Waals surface area contributed by atoms with Gasteiger partial charge in [-0.25, -0.2) is 4.98 Å². The molecule has 4 nitrogen and oxygen atoms in total. The topological polar surface area (TPSA) is 57.8 Å². The zero-order valence-electron chi connectivity index (χ0n) is 7.76. The first-order chi connectivity index (χ1) is 6.22. The van der Waals surface area contributed by atoms with Gasteiger partial charge in [0.15, 0.2) is 0 Å². The second-order valence-electron chi connectivity index (χ2n) is 2.71. The molecule has 0 aliphatic rings. The van der Waals surface area contributed by atoms with Crippen molar-refractivity contribution in [3.63, 3.8) is 0 Å². The minimum absolute atomic E-state index is 0.00343. The first-order valence-corrected chi connectivity index (χ1v) is 5.42. The quantitative estimate of drug-likeness (QED) is 0.770. The molecular weight excluding hydrogens is 186 g/mol. The van der Waals surface area contributed by atoms with Crippen molar-refractivity contribution in [3.8, 4) is 0 Å². The van der Waals surface area contributed by atoms with Crippen molar-refractivity contribution >= 4 is 23.6 Å². The number of hydrogen-bond acceptors (Lipinski definition) is 3. The van der Waals surface area contributed by atoms with Crippen LogP contribution in [0.5, 0.6) is 0 Å². The molecule has 1 amide bonds. The molecule has 0 atom stereocenters. The SMILES string of the molecule is CSCCC(=O)Nc1ncc(C)[nH]1. The molecule has 0 saturated carbocycles. The molecular formula is C8H13N3OS. The number of carbonyl (C=O) groups excluding carboxylic acids is 1. The summed E-state index contributed by atoms with van der Waals surface area (Å²) in [4.78, 5) is 18.1. The Labute approximate surface area is 81.5 Å². The number of anilines is 1. The summed E-state index contributed by atoms with van der Waals surface area (Å²) in [6.07, 6.45) is 4.19. The van der Waals surface area contributed by atoms with Crippen LogP contribution in [0.2, 0.25) is 0 Å². The van der Waals surface area contributed by atoms with Crippen LogP contribution in [0.3, 0.4) is 0 Å². The van der Waals surface area contributed by atoms with Gasteiger partial charge in [0.2, 0.25) is 11.9 Å². The summed E-state index contributed by atoms with van der Waals surface area (Å²) >= 11 is 1.65. The lowest BCUT2D eigenvalue weighted by Crippen LogP contribution is -2.13. The second-order valence-corrected chi connectivity index (χ2v) is 3.69. The third kappa shape index (κ3) is 3.50. The Bertz CT molecular complexity index is 285. The predicted molar refractivity (Wildman–Crippen MR) is 55.0 cm³/mol. The van der Waals surface area contributed by atoms with Crippen LogP contribution in [0.25, 0.3) is 0 Å². The highest BCUT2D eigenvalue weighted by atomic mass is 32.2. The van der Waals surface area contributed by atoms with E-state index in [0.717, 1.165) is 11.4 Å². The molecule has 0 aromatic carbocycles. The van der Waals surface area contributed by atoms with Crippen LogP contribution in [-0.4, -0.2) is 27.9 Å². The van der Waals surface area contributed by atoms with Gasteiger partial charge in [0.25, 0.3) is 0 Å². The lowest BCUT2D eigenvalue weighted by molar-refractivity contribution is -0.115. The molecule has 0 unspecified atom stereocenters. The van der Waals surface area contributed by atoms with Crippen molar-refractivity contribution in [3.05, 3.63) is 11.9 Å². The monoisotopic (exact) mass is 199 g/mol. The van der Waals surface area contributed by atoms with E-state index < -0.39 is 0 Å². The molecule has 1 heterocycles. The van der Waals surface area contributed by atoms with Gasteiger partial charge < -0.3 is 4.98 Å². The molecule has 0 saturated heterocycles. The van der Waals surface area contributed by atoms with E-state index in [1.165, 1.54) is 0 Å². The highest BCUT2D eigenvalue weighted by molar-refractivity contribution is 7.98. The number of rotatable bonds is 4. The minimum atomic E-state index is 0.00343. The number of hydrogen-bond donors (Lipinski definition) is 2. The summed E-state index contributed by atoms with van der Waals surface area (Å²) in [6, 6.07) is 0. The van der Waals surface area contributed by atoms with Gasteiger partial charge in [0, 0.05) is 24.1 Å². The Morgan fingerprint density at radius 1 is 1.77 bits per heavy atom. The van der Waals surface area contributed by atoms with Crippen LogP contribution in [0.1, 0.15) is 12.1 Å². The Hall–Kier alpha value is -0.970. The maximum absolute atomic E-state index is 11.2. The molecule has 1 aromatic rings. The molecule has 1 rings (SSSR count). The van der Waals surface area contributed by atoms with Crippen molar-refractivity contribution in [2.24, 2.45) is 0 Å². The van der Waals surface area contributed by atoms with E-state index >= 15 is 0 Å². The van der Waals surface area contributed by atoms with Gasteiger partial charge in [0.05, 0.1) is 0 Å². The largest absolute Gasteiger partial charge is 0.328 e. The number of aromatic amines is 1. The first kappa shape index (κ1) is 10.1. The van der Waals surface area contributed by atoms with E-state index in [-0.39, 0.29) is 5.91 Å². The lowest BCUT2D eigenvalue weighted by atomic mass is 10.4. The number of amides is 1. The number of aryl methyl sites for hydroxylation is 1. The highest BCUT2D eigenvalue weighted by Gasteiger charge is 2.03. The second kappa shape index (κ2) is 4.91. The lowest BCUT2D eigenvalue weighted by Gasteiger charge is -1.99. The predicted octanol–water partition coefficient (Wildman–Crippen LogP) is 1.41. The Morgan fingerprint density at radius 2 is 2.54 bits per heavy atom. The molecule has 5 heteroatoms. The number of nitrogens with one attached hydrogen (secondary N) is 2. The highest BCUT2D eigenvalue weighted by Crippen LogP contribution is 2.02. The molecule has 0 aliphatic carbocycles. The number of carbonyl (C=O) groups is 1. The van der Waals surface area contributed by atoms with Crippen molar-refractivity contribution < 1.29 is 4.79 Å². The summed E-state index contributed by atoms with van der Waals surface area (Å²) in [5.74, 6) is 1.37. The van der Waals surface area contributed by atoms with Gasteiger partial charge in [-0.3, -0.25) is 10.1 Å². The fraction of sp³-hybridized carbons (Fsp3) is 0.500. The van der Waals surface area contributed by atoms with Gasteiger partial charge in [-0.15, -0.1) is 0 Å². The van der Waals surface area contributed by atoms with Crippen LogP contribution < -0.4 is 5.32 Å². The summed E-state index contributed by atoms with van der Waals surface area (Å²) in [7, 11) is 0. The van der Waals surface area contributed by atoms with E-state index in [4.69, 9.17) is 0 Å². The van der Waals surface area contributed by atoms with E-state index in [1.54, 1.807) is 18.0 Å². The van der Waals surface area contributed by atoms with Gasteiger partial charge >= 0.3 is 0 Å². The van der Waals surface area contributed by atoms with E-state index in [0.29, 0.717) is 12.4 Å².